The molecule has 1 fully saturated rings. The van der Waals surface area contributed by atoms with Gasteiger partial charge in [-0.05, 0) is 29.2 Å². The molecule has 1 atom stereocenters. The summed E-state index contributed by atoms with van der Waals surface area (Å²) >= 11 is 5.84. The summed E-state index contributed by atoms with van der Waals surface area (Å²) in [5.41, 5.74) is 0.767. The fraction of sp³-hybridized carbons (Fsp3) is 0.333. The molecule has 1 aromatic carbocycles. The topological polar surface area (TPSA) is 74.0 Å². The Hall–Kier alpha value is -2.39. The Morgan fingerprint density at radius 2 is 2.27 bits per heavy atom. The van der Waals surface area contributed by atoms with E-state index in [1.54, 1.807) is 35.4 Å². The van der Waals surface area contributed by atoms with E-state index in [0.717, 1.165) is 18.7 Å². The highest BCUT2D eigenvalue weighted by Gasteiger charge is 2.27. The molecule has 1 saturated heterocycles. The Labute approximate surface area is 132 Å². The Balaban J connectivity index is 1.67. The molecule has 0 radical (unpaired) electrons. The number of Topliss-reactive ketones (excluding diaryl/α,β-unsaturated/α-hetero) is 1. The Morgan fingerprint density at radius 1 is 1.50 bits per heavy atom. The molecular formula is C15H14ClN4O2+. The lowest BCUT2D eigenvalue weighted by Crippen LogP contribution is -2.31. The molecule has 0 saturated carbocycles. The van der Waals surface area contributed by atoms with Crippen LogP contribution in [-0.4, -0.2) is 29.0 Å². The molecule has 1 aromatic heterocycles. The molecule has 0 amide bonds. The van der Waals surface area contributed by atoms with E-state index in [2.05, 4.69) is 11.5 Å². The fourth-order valence-electron chi connectivity index (χ4n) is 2.54. The minimum absolute atomic E-state index is 0.0926. The van der Waals surface area contributed by atoms with E-state index in [1.807, 2.05) is 0 Å². The highest BCUT2D eigenvalue weighted by Crippen LogP contribution is 2.20. The van der Waals surface area contributed by atoms with Crippen molar-refractivity contribution >= 4 is 17.4 Å². The van der Waals surface area contributed by atoms with Gasteiger partial charge in [0.2, 0.25) is 16.7 Å². The van der Waals surface area contributed by atoms with Crippen LogP contribution < -0.4 is 4.68 Å². The zero-order chi connectivity index (χ0) is 15.5. The lowest BCUT2D eigenvalue weighted by atomic mass is 10.0. The van der Waals surface area contributed by atoms with Crippen LogP contribution in [0.2, 0.25) is 5.02 Å². The maximum atomic E-state index is 12.2. The van der Waals surface area contributed by atoms with Crippen molar-refractivity contribution in [3.8, 4) is 11.9 Å². The van der Waals surface area contributed by atoms with Crippen LogP contribution in [0.3, 0.4) is 0 Å². The molecule has 2 heterocycles. The molecular weight excluding hydrogens is 304 g/mol. The van der Waals surface area contributed by atoms with Gasteiger partial charge < -0.3 is 4.90 Å². The molecule has 0 unspecified atom stereocenters. The van der Waals surface area contributed by atoms with Gasteiger partial charge in [0.1, 0.15) is 0 Å². The van der Waals surface area contributed by atoms with Crippen LogP contribution in [0.5, 0.6) is 0 Å². The molecule has 112 valence electrons. The van der Waals surface area contributed by atoms with Crippen molar-refractivity contribution in [3.63, 3.8) is 0 Å². The second kappa shape index (κ2) is 6.16. The van der Waals surface area contributed by atoms with Crippen LogP contribution in [0, 0.1) is 17.4 Å². The van der Waals surface area contributed by atoms with Crippen LogP contribution >= 0.6 is 11.6 Å². The fourth-order valence-corrected chi connectivity index (χ4v) is 2.66. The SMILES string of the molecule is N#CN1CC[C@@H](CC(=O)c2c[n+](-c3ccc(Cl)cc3)no2)C1. The minimum Gasteiger partial charge on any atom is -0.310 e. The summed E-state index contributed by atoms with van der Waals surface area (Å²) in [4.78, 5) is 13.9. The number of halogens is 1. The second-order valence-corrected chi connectivity index (χ2v) is 5.75. The molecule has 1 aliphatic rings. The monoisotopic (exact) mass is 317 g/mol. The highest BCUT2D eigenvalue weighted by molar-refractivity contribution is 6.30. The number of carbonyl (C=O) groups excluding carboxylic acids is 1. The van der Waals surface area contributed by atoms with Crippen LogP contribution in [0.25, 0.3) is 5.69 Å². The molecule has 2 aromatic rings. The number of nitriles is 1. The van der Waals surface area contributed by atoms with Crippen molar-refractivity contribution in [2.45, 2.75) is 12.8 Å². The first-order valence-electron chi connectivity index (χ1n) is 6.98. The third-order valence-corrected chi connectivity index (χ3v) is 3.99. The van der Waals surface area contributed by atoms with Gasteiger partial charge in [0, 0.05) is 36.7 Å². The van der Waals surface area contributed by atoms with E-state index in [1.165, 1.54) is 4.68 Å². The number of nitrogens with zero attached hydrogens (tertiary/aromatic N) is 4. The molecule has 6 nitrogen and oxygen atoms in total. The number of ketones is 1. The first kappa shape index (κ1) is 14.5. The first-order chi connectivity index (χ1) is 10.7. The van der Waals surface area contributed by atoms with Crippen molar-refractivity contribution in [1.29, 1.82) is 5.26 Å². The highest BCUT2D eigenvalue weighted by atomic mass is 35.5. The predicted molar refractivity (Wildman–Crippen MR) is 77.3 cm³/mol. The number of benzene rings is 1. The molecule has 22 heavy (non-hydrogen) atoms. The first-order valence-corrected chi connectivity index (χ1v) is 7.36. The van der Waals surface area contributed by atoms with E-state index in [4.69, 9.17) is 21.4 Å². The van der Waals surface area contributed by atoms with E-state index >= 15 is 0 Å². The zero-order valence-electron chi connectivity index (χ0n) is 11.8. The molecule has 0 N–H and O–H groups in total. The maximum absolute atomic E-state index is 12.2. The van der Waals surface area contributed by atoms with Gasteiger partial charge in [-0.3, -0.25) is 9.32 Å². The maximum Gasteiger partial charge on any atom is 0.272 e. The lowest BCUT2D eigenvalue weighted by Gasteiger charge is -2.06. The van der Waals surface area contributed by atoms with Crippen LogP contribution in [-0.2, 0) is 0 Å². The summed E-state index contributed by atoms with van der Waals surface area (Å²) in [5, 5.41) is 13.3. The van der Waals surface area contributed by atoms with E-state index in [9.17, 15) is 4.79 Å². The lowest BCUT2D eigenvalue weighted by molar-refractivity contribution is -0.670. The average molecular weight is 318 g/mol. The number of hydrogen-bond acceptors (Lipinski definition) is 5. The Kier molecular flexibility index (Phi) is 4.07. The normalized spacial score (nSPS) is 17.5. The molecule has 1 aliphatic heterocycles. The van der Waals surface area contributed by atoms with Gasteiger partial charge in [-0.25, -0.2) is 0 Å². The van der Waals surface area contributed by atoms with Crippen LogP contribution in [0.4, 0.5) is 0 Å². The molecule has 7 heteroatoms. The third kappa shape index (κ3) is 3.10. The van der Waals surface area contributed by atoms with E-state index < -0.39 is 0 Å². The van der Waals surface area contributed by atoms with Crippen molar-refractivity contribution < 1.29 is 14.0 Å². The van der Waals surface area contributed by atoms with Crippen molar-refractivity contribution in [1.82, 2.24) is 10.2 Å². The minimum atomic E-state index is -0.0926. The smallest absolute Gasteiger partial charge is 0.272 e. The van der Waals surface area contributed by atoms with Crippen LogP contribution in [0.15, 0.2) is 35.0 Å². The second-order valence-electron chi connectivity index (χ2n) is 5.32. The average Bonchev–Trinajstić information content (AvgIpc) is 3.17. The van der Waals surface area contributed by atoms with Crippen molar-refractivity contribution in [2.24, 2.45) is 5.92 Å². The number of likely N-dealkylation sites (tertiary alicyclic amines) is 1. The van der Waals surface area contributed by atoms with Gasteiger partial charge in [0.25, 0.3) is 12.0 Å². The van der Waals surface area contributed by atoms with Gasteiger partial charge in [0.05, 0.1) is 0 Å². The number of hydrogen-bond donors (Lipinski definition) is 0. The Morgan fingerprint density at radius 3 is 2.95 bits per heavy atom. The van der Waals surface area contributed by atoms with Gasteiger partial charge in [-0.2, -0.15) is 5.26 Å². The summed E-state index contributed by atoms with van der Waals surface area (Å²) in [6, 6.07) is 7.08. The Bertz CT molecular complexity index is 720. The van der Waals surface area contributed by atoms with E-state index in [0.29, 0.717) is 18.0 Å². The standard InChI is InChI=1S/C15H14ClN4O2/c16-12-1-3-13(4-2-12)20-9-15(22-18-20)14(21)7-11-5-6-19(8-11)10-17/h1-4,9,11H,5-8H2/q+1/t11-/m0/s1. The summed E-state index contributed by atoms with van der Waals surface area (Å²) in [6.07, 6.45) is 4.90. The number of carbonyl (C=O) groups is 1. The van der Waals surface area contributed by atoms with Gasteiger partial charge in [0.15, 0.2) is 6.19 Å². The summed E-state index contributed by atoms with van der Waals surface area (Å²) in [5.74, 6) is 0.330. The number of aromatic nitrogens is 2. The van der Waals surface area contributed by atoms with Crippen LogP contribution in [0.1, 0.15) is 23.4 Å². The third-order valence-electron chi connectivity index (χ3n) is 3.73. The van der Waals surface area contributed by atoms with Crippen molar-refractivity contribution in [2.75, 3.05) is 13.1 Å². The van der Waals surface area contributed by atoms with E-state index in [-0.39, 0.29) is 17.5 Å². The quantitative estimate of drug-likeness (QED) is 0.490. The predicted octanol–water partition coefficient (Wildman–Crippen LogP) is 1.98. The van der Waals surface area contributed by atoms with Gasteiger partial charge in [-0.1, -0.05) is 11.6 Å². The van der Waals surface area contributed by atoms with Crippen molar-refractivity contribution in [3.05, 3.63) is 41.2 Å². The summed E-state index contributed by atoms with van der Waals surface area (Å²) in [6.45, 7) is 1.35. The summed E-state index contributed by atoms with van der Waals surface area (Å²) in [7, 11) is 0. The molecule has 0 aliphatic carbocycles. The molecule has 0 spiro atoms. The van der Waals surface area contributed by atoms with Gasteiger partial charge >= 0.3 is 0 Å². The molecule has 3 rings (SSSR count). The van der Waals surface area contributed by atoms with Gasteiger partial charge in [-0.15, -0.1) is 0 Å². The number of rotatable bonds is 4. The zero-order valence-corrected chi connectivity index (χ0v) is 12.5. The largest absolute Gasteiger partial charge is 0.310 e. The molecule has 0 bridgehead atoms. The summed E-state index contributed by atoms with van der Waals surface area (Å²) < 4.78 is 6.63.